The maximum Gasteiger partial charge on any atom is 0.0884 e. The topological polar surface area (TPSA) is 50.9 Å². The minimum Gasteiger partial charge on any atom is -0.271 e. The van der Waals surface area contributed by atoms with Crippen LogP contribution in [0.1, 0.15) is 53.6 Å². The Morgan fingerprint density at radius 3 is 2.50 bits per heavy atom. The number of rotatable bonds is 4. The molecule has 0 radical (unpaired) electrons. The average Bonchev–Trinajstić information content (AvgIpc) is 2.41. The van der Waals surface area contributed by atoms with Gasteiger partial charge in [-0.3, -0.25) is 10.8 Å². The summed E-state index contributed by atoms with van der Waals surface area (Å²) in [6.07, 6.45) is 5.84. The second-order valence-corrected chi connectivity index (χ2v) is 5.60. The summed E-state index contributed by atoms with van der Waals surface area (Å²) in [5.41, 5.74) is 7.65. The molecule has 3 heteroatoms. The number of hydrogen-bond donors (Lipinski definition) is 2. The summed E-state index contributed by atoms with van der Waals surface area (Å²) in [6, 6.07) is 12.8. The zero-order chi connectivity index (χ0) is 13.9. The molecule has 1 aliphatic carbocycles. The lowest BCUT2D eigenvalue weighted by atomic mass is 9.80. The Balaban J connectivity index is 1.87. The van der Waals surface area contributed by atoms with E-state index in [1.807, 2.05) is 12.3 Å². The van der Waals surface area contributed by atoms with E-state index in [9.17, 15) is 0 Å². The summed E-state index contributed by atoms with van der Waals surface area (Å²) in [5, 5.41) is 0. The molecule has 20 heavy (non-hydrogen) atoms. The minimum atomic E-state index is -0.0494. The molecule has 1 atom stereocenters. The first-order valence-electron chi connectivity index (χ1n) is 7.27. The third-order valence-electron chi connectivity index (χ3n) is 4.34. The van der Waals surface area contributed by atoms with Crippen LogP contribution in [0.15, 0.2) is 42.6 Å². The van der Waals surface area contributed by atoms with Gasteiger partial charge in [-0.15, -0.1) is 0 Å². The third kappa shape index (κ3) is 2.47. The quantitative estimate of drug-likeness (QED) is 0.660. The van der Waals surface area contributed by atoms with Crippen LogP contribution in [0.2, 0.25) is 0 Å². The van der Waals surface area contributed by atoms with E-state index in [-0.39, 0.29) is 6.04 Å². The molecule has 0 saturated heterocycles. The number of hydrazine groups is 1. The Kier molecular flexibility index (Phi) is 3.81. The molecule has 3 nitrogen and oxygen atoms in total. The molecule has 104 valence electrons. The summed E-state index contributed by atoms with van der Waals surface area (Å²) in [4.78, 5) is 4.47. The lowest BCUT2D eigenvalue weighted by molar-refractivity contribution is 0.419. The van der Waals surface area contributed by atoms with E-state index < -0.39 is 0 Å². The highest BCUT2D eigenvalue weighted by Gasteiger charge is 2.20. The third-order valence-corrected chi connectivity index (χ3v) is 4.34. The Morgan fingerprint density at radius 1 is 1.20 bits per heavy atom. The van der Waals surface area contributed by atoms with Crippen molar-refractivity contribution in [3.05, 3.63) is 65.0 Å². The SMILES string of the molecule is Cc1cccnc1C(NN)c1ccc(C2CCC2)cc1. The Bertz CT molecular complexity index is 573. The Labute approximate surface area is 120 Å². The zero-order valence-corrected chi connectivity index (χ0v) is 11.8. The first-order chi connectivity index (χ1) is 9.79. The fourth-order valence-corrected chi connectivity index (χ4v) is 2.84. The van der Waals surface area contributed by atoms with Crippen LogP contribution in [0, 0.1) is 6.92 Å². The predicted molar refractivity (Wildman–Crippen MR) is 81.2 cm³/mol. The van der Waals surface area contributed by atoms with E-state index in [0.717, 1.165) is 22.7 Å². The molecule has 3 N–H and O–H groups in total. The first-order valence-corrected chi connectivity index (χ1v) is 7.27. The normalized spacial score (nSPS) is 16.7. The molecule has 1 fully saturated rings. The molecule has 1 aromatic heterocycles. The van der Waals surface area contributed by atoms with Gasteiger partial charge >= 0.3 is 0 Å². The minimum absolute atomic E-state index is 0.0494. The number of aryl methyl sites for hydroxylation is 1. The maximum absolute atomic E-state index is 5.75. The van der Waals surface area contributed by atoms with Gasteiger partial charge < -0.3 is 0 Å². The van der Waals surface area contributed by atoms with Crippen LogP contribution in [-0.2, 0) is 0 Å². The fraction of sp³-hybridized carbons (Fsp3) is 0.353. The van der Waals surface area contributed by atoms with Crippen molar-refractivity contribution in [1.82, 2.24) is 10.4 Å². The maximum atomic E-state index is 5.75. The van der Waals surface area contributed by atoms with Crippen molar-refractivity contribution >= 4 is 0 Å². The van der Waals surface area contributed by atoms with Crippen LogP contribution in [0.5, 0.6) is 0 Å². The van der Waals surface area contributed by atoms with E-state index in [1.165, 1.54) is 24.8 Å². The number of pyridine rings is 1. The summed E-state index contributed by atoms with van der Waals surface area (Å²) >= 11 is 0. The van der Waals surface area contributed by atoms with E-state index in [1.54, 1.807) is 0 Å². The van der Waals surface area contributed by atoms with Crippen LogP contribution in [0.3, 0.4) is 0 Å². The second kappa shape index (κ2) is 5.73. The number of nitrogens with zero attached hydrogens (tertiary/aromatic N) is 1. The molecular weight excluding hydrogens is 246 g/mol. The Morgan fingerprint density at radius 2 is 1.95 bits per heavy atom. The van der Waals surface area contributed by atoms with Crippen molar-refractivity contribution in [3.8, 4) is 0 Å². The number of aromatic nitrogens is 1. The molecule has 0 aliphatic heterocycles. The van der Waals surface area contributed by atoms with Crippen molar-refractivity contribution < 1.29 is 0 Å². The summed E-state index contributed by atoms with van der Waals surface area (Å²) in [7, 11) is 0. The lowest BCUT2D eigenvalue weighted by Crippen LogP contribution is -2.30. The lowest BCUT2D eigenvalue weighted by Gasteiger charge is -2.26. The van der Waals surface area contributed by atoms with Gasteiger partial charge in [0.15, 0.2) is 0 Å². The van der Waals surface area contributed by atoms with E-state index in [2.05, 4.69) is 47.7 Å². The molecule has 1 saturated carbocycles. The van der Waals surface area contributed by atoms with E-state index in [4.69, 9.17) is 5.84 Å². The van der Waals surface area contributed by atoms with Crippen LogP contribution in [0.25, 0.3) is 0 Å². The van der Waals surface area contributed by atoms with Crippen LogP contribution >= 0.6 is 0 Å². The molecule has 1 aliphatic rings. The number of hydrogen-bond acceptors (Lipinski definition) is 3. The number of benzene rings is 1. The smallest absolute Gasteiger partial charge is 0.0884 e. The average molecular weight is 267 g/mol. The fourth-order valence-electron chi connectivity index (χ4n) is 2.84. The highest BCUT2D eigenvalue weighted by atomic mass is 15.2. The standard InChI is InChI=1S/C17H21N3/c1-12-4-3-11-19-16(12)17(20-18)15-9-7-14(8-10-15)13-5-2-6-13/h3-4,7-11,13,17,20H,2,5-6,18H2,1H3. The predicted octanol–water partition coefficient (Wildman–Crippen LogP) is 3.21. The highest BCUT2D eigenvalue weighted by Crippen LogP contribution is 2.36. The van der Waals surface area contributed by atoms with Gasteiger partial charge in [-0.2, -0.15) is 0 Å². The van der Waals surface area contributed by atoms with Crippen molar-refractivity contribution in [3.63, 3.8) is 0 Å². The van der Waals surface area contributed by atoms with Crippen LogP contribution in [-0.4, -0.2) is 4.98 Å². The van der Waals surface area contributed by atoms with E-state index >= 15 is 0 Å². The van der Waals surface area contributed by atoms with Crippen molar-refractivity contribution in [2.45, 2.75) is 38.1 Å². The highest BCUT2D eigenvalue weighted by molar-refractivity contribution is 5.35. The second-order valence-electron chi connectivity index (χ2n) is 5.60. The molecule has 2 aromatic rings. The van der Waals surface area contributed by atoms with Gasteiger partial charge in [0.05, 0.1) is 11.7 Å². The summed E-state index contributed by atoms with van der Waals surface area (Å²) in [5.74, 6) is 6.52. The van der Waals surface area contributed by atoms with Gasteiger partial charge in [0.1, 0.15) is 0 Å². The monoisotopic (exact) mass is 267 g/mol. The van der Waals surface area contributed by atoms with Gasteiger partial charge in [-0.25, -0.2) is 5.43 Å². The van der Waals surface area contributed by atoms with Gasteiger partial charge in [0, 0.05) is 6.20 Å². The van der Waals surface area contributed by atoms with Gasteiger partial charge in [0.25, 0.3) is 0 Å². The molecule has 1 aromatic carbocycles. The largest absolute Gasteiger partial charge is 0.271 e. The zero-order valence-electron chi connectivity index (χ0n) is 11.8. The molecule has 0 bridgehead atoms. The molecule has 0 amide bonds. The molecular formula is C17H21N3. The Hall–Kier alpha value is -1.71. The van der Waals surface area contributed by atoms with Gasteiger partial charge in [-0.05, 0) is 48.4 Å². The number of nitrogens with two attached hydrogens (primary N) is 1. The van der Waals surface area contributed by atoms with Crippen molar-refractivity contribution in [1.29, 1.82) is 0 Å². The van der Waals surface area contributed by atoms with Gasteiger partial charge in [-0.1, -0.05) is 36.8 Å². The molecule has 0 spiro atoms. The molecule has 1 unspecified atom stereocenters. The van der Waals surface area contributed by atoms with E-state index in [0.29, 0.717) is 0 Å². The summed E-state index contributed by atoms with van der Waals surface area (Å²) < 4.78 is 0. The summed E-state index contributed by atoms with van der Waals surface area (Å²) in [6.45, 7) is 2.06. The molecule has 1 heterocycles. The van der Waals surface area contributed by atoms with Gasteiger partial charge in [0.2, 0.25) is 0 Å². The van der Waals surface area contributed by atoms with Crippen LogP contribution in [0.4, 0.5) is 0 Å². The molecule has 3 rings (SSSR count). The van der Waals surface area contributed by atoms with Crippen molar-refractivity contribution in [2.24, 2.45) is 5.84 Å². The number of nitrogens with one attached hydrogen (secondary N) is 1. The van der Waals surface area contributed by atoms with Crippen molar-refractivity contribution in [2.75, 3.05) is 0 Å². The van der Waals surface area contributed by atoms with Crippen LogP contribution < -0.4 is 11.3 Å². The first kappa shape index (κ1) is 13.3.